The third kappa shape index (κ3) is 6.95. The van der Waals surface area contributed by atoms with E-state index in [2.05, 4.69) is 16.0 Å². The number of thiocarbonyl (C=S) groups is 1. The maximum absolute atomic E-state index is 11.5. The van der Waals surface area contributed by atoms with Crippen LogP contribution in [0.3, 0.4) is 0 Å². The zero-order chi connectivity index (χ0) is 17.6. The van der Waals surface area contributed by atoms with E-state index in [9.17, 15) is 4.79 Å². The molecule has 1 atom stereocenters. The molecule has 0 saturated heterocycles. The number of alkyl carbamates (subject to hydrolysis) is 1. The number of hydrogen-bond acceptors (Lipinski definition) is 3. The van der Waals surface area contributed by atoms with Gasteiger partial charge in [0, 0.05) is 0 Å². The van der Waals surface area contributed by atoms with E-state index in [-0.39, 0.29) is 11.7 Å². The van der Waals surface area contributed by atoms with E-state index >= 15 is 0 Å². The molecule has 1 unspecified atom stereocenters. The van der Waals surface area contributed by atoms with E-state index in [1.54, 1.807) is 25.1 Å². The molecule has 23 heavy (non-hydrogen) atoms. The Labute approximate surface area is 163 Å². The van der Waals surface area contributed by atoms with Gasteiger partial charge in [-0.25, -0.2) is 4.79 Å². The van der Waals surface area contributed by atoms with E-state index in [1.807, 2.05) is 0 Å². The molecule has 1 amide bonds. The van der Waals surface area contributed by atoms with E-state index in [0.717, 1.165) is 0 Å². The summed E-state index contributed by atoms with van der Waals surface area (Å²) >= 11 is 34.6. The number of nitrogens with one attached hydrogen (secondary N) is 3. The summed E-state index contributed by atoms with van der Waals surface area (Å²) in [4.78, 5) is 11.5. The Bertz CT molecular complexity index is 562. The van der Waals surface area contributed by atoms with Gasteiger partial charge < -0.3 is 15.4 Å². The summed E-state index contributed by atoms with van der Waals surface area (Å²) in [5, 5.41) is 8.50. The number of anilines is 1. The first-order chi connectivity index (χ1) is 10.6. The minimum atomic E-state index is -1.89. The molecule has 0 heterocycles. The molecule has 5 nitrogen and oxygen atoms in total. The van der Waals surface area contributed by atoms with Gasteiger partial charge in [0.1, 0.15) is 0 Å². The van der Waals surface area contributed by atoms with Gasteiger partial charge in [-0.1, -0.05) is 64.1 Å². The summed E-state index contributed by atoms with van der Waals surface area (Å²) in [5.74, 6) is 0. The fourth-order valence-corrected chi connectivity index (χ4v) is 2.43. The van der Waals surface area contributed by atoms with Crippen molar-refractivity contribution in [2.75, 3.05) is 11.9 Å². The summed E-state index contributed by atoms with van der Waals surface area (Å²) in [6.45, 7) is 1.80. The van der Waals surface area contributed by atoms with Crippen LogP contribution in [0.2, 0.25) is 10.0 Å². The number of para-hydroxylation sites is 1. The third-order valence-electron chi connectivity index (χ3n) is 2.34. The van der Waals surface area contributed by atoms with Crippen molar-refractivity contribution >= 4 is 87.1 Å². The molecule has 0 radical (unpaired) electrons. The second-order valence-corrected chi connectivity index (χ2v) is 7.63. The molecule has 0 aliphatic heterocycles. The highest BCUT2D eigenvalue weighted by molar-refractivity contribution is 7.80. The van der Waals surface area contributed by atoms with Crippen molar-refractivity contribution in [2.45, 2.75) is 16.9 Å². The van der Waals surface area contributed by atoms with Crippen LogP contribution < -0.4 is 16.0 Å². The van der Waals surface area contributed by atoms with Crippen LogP contribution in [0, 0.1) is 0 Å². The van der Waals surface area contributed by atoms with Crippen molar-refractivity contribution in [1.29, 1.82) is 0 Å². The van der Waals surface area contributed by atoms with Crippen LogP contribution in [0.5, 0.6) is 0 Å². The summed E-state index contributed by atoms with van der Waals surface area (Å²) < 4.78 is 2.85. The van der Waals surface area contributed by atoms with Crippen LogP contribution in [0.4, 0.5) is 10.5 Å². The van der Waals surface area contributed by atoms with E-state index < -0.39 is 16.1 Å². The van der Waals surface area contributed by atoms with E-state index in [1.165, 1.54) is 0 Å². The zero-order valence-corrected chi connectivity index (χ0v) is 16.2. The lowest BCUT2D eigenvalue weighted by atomic mass is 10.3. The molecule has 0 saturated carbocycles. The van der Waals surface area contributed by atoms with Gasteiger partial charge in [-0.05, 0) is 31.3 Å². The molecule has 1 aromatic carbocycles. The molecule has 0 aromatic heterocycles. The van der Waals surface area contributed by atoms with Gasteiger partial charge in [-0.3, -0.25) is 5.32 Å². The van der Waals surface area contributed by atoms with Crippen molar-refractivity contribution in [3.63, 3.8) is 0 Å². The Hall–Kier alpha value is -0.370. The summed E-state index contributed by atoms with van der Waals surface area (Å²) in [6.07, 6.45) is -1.91. The molecule has 0 aliphatic carbocycles. The Morgan fingerprint density at radius 1 is 1.26 bits per heavy atom. The standard InChI is InChI=1S/C12H12Cl5N3O2S/c1-2-22-11(21)20-9(12(15,16)17)19-10(23)18-8-6(13)4-3-5-7(8)14/h3-5,9H,2H2,1H3,(H,20,21)(H2,18,19,23). The second-order valence-electron chi connectivity index (χ2n) is 4.03. The van der Waals surface area contributed by atoms with Gasteiger partial charge in [0.25, 0.3) is 0 Å². The maximum Gasteiger partial charge on any atom is 0.408 e. The lowest BCUT2D eigenvalue weighted by Gasteiger charge is -2.27. The average Bonchev–Trinajstić information content (AvgIpc) is 2.41. The predicted octanol–water partition coefficient (Wildman–Crippen LogP) is 4.72. The summed E-state index contributed by atoms with van der Waals surface area (Å²) in [5.41, 5.74) is 0.382. The quantitative estimate of drug-likeness (QED) is 0.360. The monoisotopic (exact) mass is 437 g/mol. The van der Waals surface area contributed by atoms with Crippen LogP contribution in [-0.2, 0) is 4.74 Å². The molecule has 128 valence electrons. The molecule has 3 N–H and O–H groups in total. The molecule has 0 spiro atoms. The molecule has 0 fully saturated rings. The third-order valence-corrected chi connectivity index (χ3v) is 3.85. The molecular weight excluding hydrogens is 427 g/mol. The van der Waals surface area contributed by atoms with Gasteiger partial charge in [0.05, 0.1) is 22.3 Å². The predicted molar refractivity (Wildman–Crippen MR) is 100 cm³/mol. The molecule has 0 bridgehead atoms. The number of hydrogen-bond donors (Lipinski definition) is 3. The largest absolute Gasteiger partial charge is 0.450 e. The van der Waals surface area contributed by atoms with E-state index in [4.69, 9.17) is 75.0 Å². The fraction of sp³-hybridized carbons (Fsp3) is 0.333. The fourth-order valence-electron chi connectivity index (χ4n) is 1.39. The number of ether oxygens (including phenoxy) is 1. The number of amides is 1. The minimum absolute atomic E-state index is 0.0353. The Kier molecular flexibility index (Phi) is 8.27. The first-order valence-corrected chi connectivity index (χ1v) is 8.46. The second kappa shape index (κ2) is 9.20. The molecule has 11 heteroatoms. The number of benzene rings is 1. The van der Waals surface area contributed by atoms with Gasteiger partial charge in [-0.15, -0.1) is 0 Å². The van der Waals surface area contributed by atoms with Crippen molar-refractivity contribution < 1.29 is 9.53 Å². The summed E-state index contributed by atoms with van der Waals surface area (Å²) in [6, 6.07) is 4.93. The van der Waals surface area contributed by atoms with Gasteiger partial charge >= 0.3 is 6.09 Å². The van der Waals surface area contributed by atoms with Crippen molar-refractivity contribution in [2.24, 2.45) is 0 Å². The first kappa shape index (κ1) is 20.7. The summed E-state index contributed by atoms with van der Waals surface area (Å²) in [7, 11) is 0. The van der Waals surface area contributed by atoms with Gasteiger partial charge in [0.2, 0.25) is 3.79 Å². The highest BCUT2D eigenvalue weighted by atomic mass is 35.6. The Morgan fingerprint density at radius 2 is 1.83 bits per heavy atom. The Morgan fingerprint density at radius 3 is 2.30 bits per heavy atom. The Balaban J connectivity index is 2.79. The molecule has 1 aromatic rings. The highest BCUT2D eigenvalue weighted by Gasteiger charge is 2.35. The highest BCUT2D eigenvalue weighted by Crippen LogP contribution is 2.31. The van der Waals surface area contributed by atoms with Crippen LogP contribution in [0.1, 0.15) is 6.92 Å². The number of carbonyl (C=O) groups is 1. The first-order valence-electron chi connectivity index (χ1n) is 6.16. The number of carbonyl (C=O) groups excluding carboxylic acids is 1. The van der Waals surface area contributed by atoms with Gasteiger partial charge in [-0.2, -0.15) is 0 Å². The number of rotatable bonds is 4. The molecular formula is C12H12Cl5N3O2S. The molecule has 1 rings (SSSR count). The van der Waals surface area contributed by atoms with Crippen LogP contribution in [0.25, 0.3) is 0 Å². The van der Waals surface area contributed by atoms with Crippen LogP contribution in [0.15, 0.2) is 18.2 Å². The van der Waals surface area contributed by atoms with Crippen LogP contribution >= 0.6 is 70.2 Å². The lowest BCUT2D eigenvalue weighted by Crippen LogP contribution is -2.56. The number of halogens is 5. The topological polar surface area (TPSA) is 62.4 Å². The average molecular weight is 440 g/mol. The van der Waals surface area contributed by atoms with Crippen LogP contribution in [-0.4, -0.2) is 27.8 Å². The lowest BCUT2D eigenvalue weighted by molar-refractivity contribution is 0.147. The smallest absolute Gasteiger partial charge is 0.408 e. The minimum Gasteiger partial charge on any atom is -0.450 e. The van der Waals surface area contributed by atoms with Crippen molar-refractivity contribution in [3.8, 4) is 0 Å². The zero-order valence-electron chi connectivity index (χ0n) is 11.6. The number of alkyl halides is 3. The van der Waals surface area contributed by atoms with Gasteiger partial charge in [0.15, 0.2) is 11.3 Å². The normalized spacial score (nSPS) is 12.3. The maximum atomic E-state index is 11.5. The van der Waals surface area contributed by atoms with E-state index in [0.29, 0.717) is 15.7 Å². The van der Waals surface area contributed by atoms with Crippen molar-refractivity contribution in [3.05, 3.63) is 28.2 Å². The SMILES string of the molecule is CCOC(=O)NC(NC(=S)Nc1c(Cl)cccc1Cl)C(Cl)(Cl)Cl. The van der Waals surface area contributed by atoms with Crippen molar-refractivity contribution in [1.82, 2.24) is 10.6 Å². The molecule has 0 aliphatic rings.